The Labute approximate surface area is 186 Å². The Balaban J connectivity index is 1.69. The van der Waals surface area contributed by atoms with Crippen LogP contribution < -0.4 is 14.8 Å². The van der Waals surface area contributed by atoms with Gasteiger partial charge in [-0.25, -0.2) is 10.1 Å². The lowest BCUT2D eigenvalue weighted by molar-refractivity contribution is -0.142. The number of methoxy groups -OCH3 is 2. The predicted octanol–water partition coefficient (Wildman–Crippen LogP) is 3.05. The van der Waals surface area contributed by atoms with Crippen molar-refractivity contribution in [3.05, 3.63) is 53.5 Å². The summed E-state index contributed by atoms with van der Waals surface area (Å²) in [6.07, 6.45) is 3.51. The van der Waals surface area contributed by atoms with Crippen LogP contribution in [0.1, 0.15) is 42.6 Å². The summed E-state index contributed by atoms with van der Waals surface area (Å²) in [5.74, 6) is 0.808. The van der Waals surface area contributed by atoms with Gasteiger partial charge in [0.2, 0.25) is 0 Å². The standard InChI is InChI=1S/C22H28N6O4/c1-4-5-18(22(29)30)19(21-25-27-28-26-21)10-14-6-7-20(23-12-14)24-13-15-8-16(31-2)11-17(9-15)32-3/h6-9,11-12,18-19H,4-5,10,13H2,1-3H3,(H,23,24)(H,29,30)(H,25,26,27,28)/t18?,19-/m0/s1. The van der Waals surface area contributed by atoms with Gasteiger partial charge >= 0.3 is 5.97 Å². The number of carboxylic acids is 1. The molecular formula is C22H28N6O4. The van der Waals surface area contributed by atoms with Gasteiger partial charge in [0.25, 0.3) is 0 Å². The van der Waals surface area contributed by atoms with Gasteiger partial charge in [0.1, 0.15) is 17.3 Å². The van der Waals surface area contributed by atoms with Crippen LogP contribution in [0.4, 0.5) is 5.82 Å². The highest BCUT2D eigenvalue weighted by Crippen LogP contribution is 2.30. The molecule has 0 saturated carbocycles. The molecule has 10 heteroatoms. The van der Waals surface area contributed by atoms with E-state index < -0.39 is 11.9 Å². The van der Waals surface area contributed by atoms with Gasteiger partial charge in [-0.05, 0) is 52.6 Å². The maximum absolute atomic E-state index is 11.9. The molecule has 3 aromatic rings. The molecule has 170 valence electrons. The van der Waals surface area contributed by atoms with Crippen molar-refractivity contribution >= 4 is 11.8 Å². The first kappa shape index (κ1) is 23.0. The molecule has 0 saturated heterocycles. The Morgan fingerprint density at radius 3 is 2.44 bits per heavy atom. The maximum atomic E-state index is 11.9. The number of H-pyrrole nitrogens is 1. The van der Waals surface area contributed by atoms with Crippen LogP contribution in [-0.2, 0) is 17.8 Å². The average molecular weight is 441 g/mol. The van der Waals surface area contributed by atoms with Crippen molar-refractivity contribution in [1.29, 1.82) is 0 Å². The molecule has 0 aliphatic carbocycles. The fourth-order valence-corrected chi connectivity index (χ4v) is 3.63. The number of benzene rings is 1. The van der Waals surface area contributed by atoms with Crippen LogP contribution in [0.3, 0.4) is 0 Å². The van der Waals surface area contributed by atoms with Gasteiger partial charge in [-0.1, -0.05) is 19.4 Å². The van der Waals surface area contributed by atoms with Crippen molar-refractivity contribution in [2.24, 2.45) is 5.92 Å². The summed E-state index contributed by atoms with van der Waals surface area (Å²) in [6, 6.07) is 9.49. The topological polar surface area (TPSA) is 135 Å². The first-order valence-electron chi connectivity index (χ1n) is 10.4. The van der Waals surface area contributed by atoms with Crippen LogP contribution >= 0.6 is 0 Å². The van der Waals surface area contributed by atoms with Crippen molar-refractivity contribution in [1.82, 2.24) is 25.6 Å². The number of anilines is 1. The zero-order valence-electron chi connectivity index (χ0n) is 18.4. The molecule has 3 rings (SSSR count). The average Bonchev–Trinajstić information content (AvgIpc) is 3.35. The lowest BCUT2D eigenvalue weighted by atomic mass is 9.83. The van der Waals surface area contributed by atoms with Gasteiger partial charge in [-0.3, -0.25) is 4.79 Å². The van der Waals surface area contributed by atoms with Crippen LogP contribution in [0, 0.1) is 5.92 Å². The molecule has 2 atom stereocenters. The van der Waals surface area contributed by atoms with E-state index in [9.17, 15) is 9.90 Å². The lowest BCUT2D eigenvalue weighted by Gasteiger charge is -2.21. The largest absolute Gasteiger partial charge is 0.497 e. The van der Waals surface area contributed by atoms with Crippen molar-refractivity contribution in [3.8, 4) is 11.5 Å². The highest BCUT2D eigenvalue weighted by atomic mass is 16.5. The fourth-order valence-electron chi connectivity index (χ4n) is 3.63. The number of aromatic amines is 1. The van der Waals surface area contributed by atoms with E-state index in [1.54, 1.807) is 20.4 Å². The summed E-state index contributed by atoms with van der Waals surface area (Å²) in [5, 5.41) is 26.9. The zero-order valence-corrected chi connectivity index (χ0v) is 18.4. The molecule has 2 heterocycles. The number of tetrazole rings is 1. The van der Waals surface area contributed by atoms with Gasteiger partial charge in [0, 0.05) is 24.7 Å². The quantitative estimate of drug-likeness (QED) is 0.388. The number of hydrogen-bond donors (Lipinski definition) is 3. The van der Waals surface area contributed by atoms with Gasteiger partial charge in [-0.15, -0.1) is 5.10 Å². The molecule has 0 fully saturated rings. The third-order valence-electron chi connectivity index (χ3n) is 5.28. The molecule has 0 spiro atoms. The predicted molar refractivity (Wildman–Crippen MR) is 118 cm³/mol. The number of hydrogen-bond acceptors (Lipinski definition) is 8. The van der Waals surface area contributed by atoms with E-state index in [0.717, 1.165) is 29.0 Å². The number of aliphatic carboxylic acids is 1. The molecule has 0 radical (unpaired) electrons. The third kappa shape index (κ3) is 5.93. The van der Waals surface area contributed by atoms with Gasteiger partial charge in [-0.2, -0.15) is 0 Å². The number of carbonyl (C=O) groups is 1. The number of pyridine rings is 1. The molecule has 2 aromatic heterocycles. The summed E-state index contributed by atoms with van der Waals surface area (Å²) in [5.41, 5.74) is 1.90. The summed E-state index contributed by atoms with van der Waals surface area (Å²) < 4.78 is 10.6. The molecule has 32 heavy (non-hydrogen) atoms. The number of rotatable bonds is 12. The van der Waals surface area contributed by atoms with E-state index in [2.05, 4.69) is 30.9 Å². The Morgan fingerprint density at radius 1 is 1.16 bits per heavy atom. The van der Waals surface area contributed by atoms with Crippen LogP contribution in [0.5, 0.6) is 11.5 Å². The van der Waals surface area contributed by atoms with Crippen LogP contribution in [0.25, 0.3) is 0 Å². The maximum Gasteiger partial charge on any atom is 0.307 e. The number of nitrogens with one attached hydrogen (secondary N) is 2. The molecule has 1 unspecified atom stereocenters. The summed E-state index contributed by atoms with van der Waals surface area (Å²) in [7, 11) is 3.23. The Bertz CT molecular complexity index is 972. The number of nitrogens with zero attached hydrogens (tertiary/aromatic N) is 4. The summed E-state index contributed by atoms with van der Waals surface area (Å²) >= 11 is 0. The van der Waals surface area contributed by atoms with Crippen molar-refractivity contribution < 1.29 is 19.4 Å². The van der Waals surface area contributed by atoms with E-state index in [0.29, 0.717) is 31.0 Å². The SMILES string of the molecule is CCCC(C(=O)O)[C@H](Cc1ccc(NCc2cc(OC)cc(OC)c2)nc1)c1nnn[nH]1. The molecule has 1 aromatic carbocycles. The molecule has 0 bridgehead atoms. The molecular weight excluding hydrogens is 412 g/mol. The number of ether oxygens (including phenoxy) is 2. The summed E-state index contributed by atoms with van der Waals surface area (Å²) in [4.78, 5) is 16.3. The van der Waals surface area contributed by atoms with E-state index >= 15 is 0 Å². The molecule has 0 amide bonds. The molecule has 3 N–H and O–H groups in total. The lowest BCUT2D eigenvalue weighted by Crippen LogP contribution is -2.25. The van der Waals surface area contributed by atoms with Crippen molar-refractivity contribution in [3.63, 3.8) is 0 Å². The van der Waals surface area contributed by atoms with Crippen molar-refractivity contribution in [2.75, 3.05) is 19.5 Å². The highest BCUT2D eigenvalue weighted by molar-refractivity contribution is 5.71. The summed E-state index contributed by atoms with van der Waals surface area (Å²) in [6.45, 7) is 2.51. The van der Waals surface area contributed by atoms with Crippen molar-refractivity contribution in [2.45, 2.75) is 38.6 Å². The van der Waals surface area contributed by atoms with E-state index in [1.807, 2.05) is 37.3 Å². The molecule has 0 aliphatic heterocycles. The monoisotopic (exact) mass is 440 g/mol. The smallest absolute Gasteiger partial charge is 0.307 e. The van der Waals surface area contributed by atoms with Crippen LogP contribution in [-0.4, -0.2) is 50.9 Å². The van der Waals surface area contributed by atoms with E-state index in [1.165, 1.54) is 0 Å². The van der Waals surface area contributed by atoms with E-state index in [-0.39, 0.29) is 5.92 Å². The Hall–Kier alpha value is -3.69. The number of carboxylic acid groups (broad SMARTS) is 1. The van der Waals surface area contributed by atoms with E-state index in [4.69, 9.17) is 9.47 Å². The minimum atomic E-state index is -0.854. The first-order valence-corrected chi connectivity index (χ1v) is 10.4. The fraction of sp³-hybridized carbons (Fsp3) is 0.409. The molecule has 10 nitrogen and oxygen atoms in total. The van der Waals surface area contributed by atoms with Gasteiger partial charge in [0.15, 0.2) is 5.82 Å². The zero-order chi connectivity index (χ0) is 22.9. The minimum absolute atomic E-state index is 0.368. The second-order valence-electron chi connectivity index (χ2n) is 7.46. The van der Waals surface area contributed by atoms with Crippen LogP contribution in [0.2, 0.25) is 0 Å². The normalized spacial score (nSPS) is 12.7. The van der Waals surface area contributed by atoms with Gasteiger partial charge < -0.3 is 19.9 Å². The Kier molecular flexibility index (Phi) is 7.96. The third-order valence-corrected chi connectivity index (χ3v) is 5.28. The first-order chi connectivity index (χ1) is 15.5. The van der Waals surface area contributed by atoms with Crippen LogP contribution in [0.15, 0.2) is 36.5 Å². The highest BCUT2D eigenvalue weighted by Gasteiger charge is 2.31. The minimum Gasteiger partial charge on any atom is -0.497 e. The molecule has 0 aliphatic rings. The second kappa shape index (κ2) is 11.1. The number of aromatic nitrogens is 5. The second-order valence-corrected chi connectivity index (χ2v) is 7.46. The Morgan fingerprint density at radius 2 is 1.91 bits per heavy atom. The van der Waals surface area contributed by atoms with Gasteiger partial charge in [0.05, 0.1) is 20.1 Å².